The van der Waals surface area contributed by atoms with E-state index in [0.29, 0.717) is 11.7 Å². The Hall–Kier alpha value is -1.32. The fraction of sp³-hybridized carbons (Fsp3) is 0.733. The molecule has 2 aliphatic rings. The van der Waals surface area contributed by atoms with Gasteiger partial charge in [-0.2, -0.15) is 0 Å². The molecule has 4 nitrogen and oxygen atoms in total. The molecule has 0 bridgehead atoms. The van der Waals surface area contributed by atoms with Gasteiger partial charge in [0.25, 0.3) is 0 Å². The van der Waals surface area contributed by atoms with Crippen molar-refractivity contribution < 1.29 is 0 Å². The third-order valence-electron chi connectivity index (χ3n) is 4.45. The van der Waals surface area contributed by atoms with E-state index in [2.05, 4.69) is 29.1 Å². The molecule has 1 heterocycles. The molecule has 1 aromatic heterocycles. The Balaban J connectivity index is 1.70. The van der Waals surface area contributed by atoms with Gasteiger partial charge in [0.15, 0.2) is 0 Å². The summed E-state index contributed by atoms with van der Waals surface area (Å²) in [5.74, 6) is 4.67. The Morgan fingerprint density at radius 3 is 2.37 bits per heavy atom. The smallest absolute Gasteiger partial charge is 0.134 e. The van der Waals surface area contributed by atoms with E-state index in [1.807, 2.05) is 0 Å². The second kappa shape index (κ2) is 4.99. The van der Waals surface area contributed by atoms with E-state index in [0.717, 1.165) is 35.7 Å². The normalized spacial score (nSPS) is 19.2. The first-order chi connectivity index (χ1) is 9.16. The molecular formula is C15H24N4. The Morgan fingerprint density at radius 2 is 1.84 bits per heavy atom. The molecule has 0 saturated heterocycles. The monoisotopic (exact) mass is 260 g/mol. The molecule has 0 spiro atoms. The van der Waals surface area contributed by atoms with E-state index in [9.17, 15) is 0 Å². The second-order valence-electron chi connectivity index (χ2n) is 6.40. The van der Waals surface area contributed by atoms with Crippen LogP contribution >= 0.6 is 0 Å². The van der Waals surface area contributed by atoms with Crippen molar-refractivity contribution in [3.05, 3.63) is 11.9 Å². The first-order valence-electron chi connectivity index (χ1n) is 7.51. The summed E-state index contributed by atoms with van der Waals surface area (Å²) in [4.78, 5) is 8.50. The highest BCUT2D eigenvalue weighted by Gasteiger charge is 2.41. The number of hydrogen-bond acceptors (Lipinski definition) is 4. The lowest BCUT2D eigenvalue weighted by molar-refractivity contribution is 0.427. The predicted molar refractivity (Wildman–Crippen MR) is 78.0 cm³/mol. The first-order valence-corrected chi connectivity index (χ1v) is 7.51. The van der Waals surface area contributed by atoms with Crippen molar-refractivity contribution in [2.24, 2.45) is 17.8 Å². The molecule has 0 aliphatic heterocycles. The van der Waals surface area contributed by atoms with Crippen LogP contribution in [0.3, 0.4) is 0 Å². The summed E-state index contributed by atoms with van der Waals surface area (Å²) in [5.41, 5.74) is 7.04. The van der Waals surface area contributed by atoms with Gasteiger partial charge in [-0.3, -0.25) is 0 Å². The van der Waals surface area contributed by atoms with Crippen molar-refractivity contribution in [1.29, 1.82) is 0 Å². The molecule has 19 heavy (non-hydrogen) atoms. The second-order valence-corrected chi connectivity index (χ2v) is 6.40. The van der Waals surface area contributed by atoms with Crippen molar-refractivity contribution in [2.75, 3.05) is 17.6 Å². The van der Waals surface area contributed by atoms with Crippen molar-refractivity contribution in [1.82, 2.24) is 9.97 Å². The largest absolute Gasteiger partial charge is 0.383 e. The molecule has 104 valence electrons. The lowest BCUT2D eigenvalue weighted by Crippen LogP contribution is -2.20. The average molecular weight is 260 g/mol. The maximum Gasteiger partial charge on any atom is 0.134 e. The van der Waals surface area contributed by atoms with Crippen LogP contribution in [0.5, 0.6) is 0 Å². The van der Waals surface area contributed by atoms with Crippen molar-refractivity contribution >= 4 is 11.6 Å². The van der Waals surface area contributed by atoms with Crippen molar-refractivity contribution in [3.8, 4) is 0 Å². The van der Waals surface area contributed by atoms with Crippen LogP contribution in [0.25, 0.3) is 0 Å². The van der Waals surface area contributed by atoms with Gasteiger partial charge in [0.1, 0.15) is 18.0 Å². The topological polar surface area (TPSA) is 63.8 Å². The number of hydrogen-bond donors (Lipinski definition) is 2. The van der Waals surface area contributed by atoms with Gasteiger partial charge in [0.2, 0.25) is 0 Å². The van der Waals surface area contributed by atoms with E-state index < -0.39 is 0 Å². The average Bonchev–Trinajstić information content (AvgIpc) is 3.23. The third kappa shape index (κ3) is 2.82. The van der Waals surface area contributed by atoms with Gasteiger partial charge in [-0.1, -0.05) is 13.8 Å². The van der Waals surface area contributed by atoms with E-state index in [1.165, 1.54) is 25.7 Å². The van der Waals surface area contributed by atoms with Gasteiger partial charge in [-0.25, -0.2) is 9.97 Å². The van der Waals surface area contributed by atoms with E-state index in [1.54, 1.807) is 6.33 Å². The molecule has 1 aromatic rings. The lowest BCUT2D eigenvalue weighted by atomic mass is 9.97. The molecule has 0 radical (unpaired) electrons. The van der Waals surface area contributed by atoms with Crippen molar-refractivity contribution in [3.63, 3.8) is 0 Å². The summed E-state index contributed by atoms with van der Waals surface area (Å²) in [6, 6.07) is 0. The zero-order chi connectivity index (χ0) is 13.4. The maximum atomic E-state index is 5.98. The van der Waals surface area contributed by atoms with Gasteiger partial charge in [-0.05, 0) is 49.4 Å². The zero-order valence-corrected chi connectivity index (χ0v) is 11.9. The molecular weight excluding hydrogens is 236 g/mol. The van der Waals surface area contributed by atoms with Crippen LogP contribution in [-0.4, -0.2) is 16.5 Å². The van der Waals surface area contributed by atoms with Crippen LogP contribution in [0.4, 0.5) is 11.6 Å². The highest BCUT2D eigenvalue weighted by Crippen LogP contribution is 2.49. The highest BCUT2D eigenvalue weighted by atomic mass is 15.0. The summed E-state index contributed by atoms with van der Waals surface area (Å²) in [7, 11) is 0. The minimum Gasteiger partial charge on any atom is -0.383 e. The molecule has 2 aliphatic carbocycles. The number of nitrogens with one attached hydrogen (secondary N) is 1. The SMILES string of the molecule is CC(C)c1c(N)ncnc1NCC(C1CC1)C1CC1. The highest BCUT2D eigenvalue weighted by molar-refractivity contribution is 5.56. The Labute approximate surface area is 115 Å². The van der Waals surface area contributed by atoms with Gasteiger partial charge in [-0.15, -0.1) is 0 Å². The Kier molecular flexibility index (Phi) is 3.33. The number of anilines is 2. The number of nitrogens with zero attached hydrogens (tertiary/aromatic N) is 2. The molecule has 0 atom stereocenters. The van der Waals surface area contributed by atoms with E-state index >= 15 is 0 Å². The predicted octanol–water partition coefficient (Wildman–Crippen LogP) is 3.03. The van der Waals surface area contributed by atoms with Gasteiger partial charge in [0, 0.05) is 12.1 Å². The summed E-state index contributed by atoms with van der Waals surface area (Å²) in [5, 5.41) is 3.55. The summed E-state index contributed by atoms with van der Waals surface area (Å²) in [6.45, 7) is 5.32. The number of rotatable bonds is 6. The standard InChI is InChI=1S/C15H24N4/c1-9(2)13-14(16)18-8-19-15(13)17-7-12(10-3-4-10)11-5-6-11/h8-12H,3-7H2,1-2H3,(H3,16,17,18,19). The van der Waals surface area contributed by atoms with Crippen LogP contribution in [0.15, 0.2) is 6.33 Å². The lowest BCUT2D eigenvalue weighted by Gasteiger charge is -2.19. The van der Waals surface area contributed by atoms with Gasteiger partial charge >= 0.3 is 0 Å². The quantitative estimate of drug-likeness (QED) is 0.825. The summed E-state index contributed by atoms with van der Waals surface area (Å²) in [6.07, 6.45) is 7.25. The number of aromatic nitrogens is 2. The number of nitrogens with two attached hydrogens (primary N) is 1. The van der Waals surface area contributed by atoms with Gasteiger partial charge < -0.3 is 11.1 Å². The van der Waals surface area contributed by atoms with Gasteiger partial charge in [0.05, 0.1) is 0 Å². The zero-order valence-electron chi connectivity index (χ0n) is 11.9. The van der Waals surface area contributed by atoms with Crippen LogP contribution in [-0.2, 0) is 0 Å². The minimum atomic E-state index is 0.351. The Morgan fingerprint density at radius 1 is 1.21 bits per heavy atom. The minimum absolute atomic E-state index is 0.351. The fourth-order valence-electron chi connectivity index (χ4n) is 3.10. The first kappa shape index (κ1) is 12.7. The molecule has 3 N–H and O–H groups in total. The molecule has 2 fully saturated rings. The third-order valence-corrected chi connectivity index (χ3v) is 4.45. The molecule has 4 heteroatoms. The van der Waals surface area contributed by atoms with E-state index in [-0.39, 0.29) is 0 Å². The number of nitrogen functional groups attached to an aromatic ring is 1. The van der Waals surface area contributed by atoms with Crippen LogP contribution < -0.4 is 11.1 Å². The van der Waals surface area contributed by atoms with Crippen LogP contribution in [0.2, 0.25) is 0 Å². The van der Waals surface area contributed by atoms with Crippen molar-refractivity contribution in [2.45, 2.75) is 45.4 Å². The van der Waals surface area contributed by atoms with E-state index in [4.69, 9.17) is 5.73 Å². The molecule has 3 rings (SSSR count). The molecule has 0 amide bonds. The molecule has 0 aromatic carbocycles. The maximum absolute atomic E-state index is 5.98. The van der Waals surface area contributed by atoms with Crippen LogP contribution in [0.1, 0.15) is 51.0 Å². The Bertz CT molecular complexity index is 437. The van der Waals surface area contributed by atoms with Crippen LogP contribution in [0, 0.1) is 17.8 Å². The molecule has 0 unspecified atom stereocenters. The fourth-order valence-corrected chi connectivity index (χ4v) is 3.10. The summed E-state index contributed by atoms with van der Waals surface area (Å²) < 4.78 is 0. The molecule has 2 saturated carbocycles. The summed E-state index contributed by atoms with van der Waals surface area (Å²) >= 11 is 0.